The molecule has 1 radical (unpaired) electrons. The zero-order valence-electron chi connectivity index (χ0n) is 20.3. The lowest BCUT2D eigenvalue weighted by atomic mass is 9.83. The van der Waals surface area contributed by atoms with Crippen LogP contribution in [0.3, 0.4) is 0 Å². The smallest absolute Gasteiger partial charge is 0.226 e. The number of aromatic nitrogens is 5. The number of piperidine rings is 1. The van der Waals surface area contributed by atoms with Crippen LogP contribution >= 0.6 is 0 Å². The number of amides is 1. The van der Waals surface area contributed by atoms with Crippen molar-refractivity contribution in [1.82, 2.24) is 34.5 Å². The Morgan fingerprint density at radius 3 is 2.69 bits per heavy atom. The van der Waals surface area contributed by atoms with Crippen molar-refractivity contribution in [2.75, 3.05) is 26.2 Å². The molecule has 0 bridgehead atoms. The van der Waals surface area contributed by atoms with Gasteiger partial charge in [-0.15, -0.1) is 0 Å². The van der Waals surface area contributed by atoms with Gasteiger partial charge in [-0.1, -0.05) is 24.3 Å². The second kappa shape index (κ2) is 8.85. The van der Waals surface area contributed by atoms with E-state index >= 15 is 0 Å². The van der Waals surface area contributed by atoms with E-state index in [1.54, 1.807) is 6.33 Å². The van der Waals surface area contributed by atoms with Crippen molar-refractivity contribution < 1.29 is 4.79 Å². The minimum Gasteiger partial charge on any atom is -0.346 e. The maximum absolute atomic E-state index is 13.2. The van der Waals surface area contributed by atoms with Crippen LogP contribution in [0.2, 0.25) is 0 Å². The molecule has 3 aliphatic rings. The number of carbonyl (C=O) groups is 1. The van der Waals surface area contributed by atoms with E-state index in [2.05, 4.69) is 60.3 Å². The third kappa shape index (κ3) is 3.80. The number of carbonyl (C=O) groups excluding carboxylic acids is 1. The van der Waals surface area contributed by atoms with E-state index in [4.69, 9.17) is 0 Å². The molecular weight excluding hydrogens is 450 g/mol. The van der Waals surface area contributed by atoms with Crippen molar-refractivity contribution in [2.45, 2.75) is 38.1 Å². The van der Waals surface area contributed by atoms with Crippen molar-refractivity contribution in [3.05, 3.63) is 72.4 Å². The van der Waals surface area contributed by atoms with Crippen molar-refractivity contribution in [3.8, 4) is 11.3 Å². The number of benzene rings is 1. The Hall–Kier alpha value is -3.52. The molecule has 0 saturated carbocycles. The molecule has 2 saturated heterocycles. The van der Waals surface area contributed by atoms with Gasteiger partial charge in [0, 0.05) is 61.5 Å². The molecule has 1 N–H and O–H groups in total. The molecule has 5 heterocycles. The van der Waals surface area contributed by atoms with E-state index in [0.717, 1.165) is 80.6 Å². The normalized spacial score (nSPS) is 21.4. The minimum atomic E-state index is 0.150. The molecule has 3 aromatic heterocycles. The summed E-state index contributed by atoms with van der Waals surface area (Å²) in [6.45, 7) is 3.62. The molecular formula is C28H30N7O. The van der Waals surface area contributed by atoms with Gasteiger partial charge in [0.05, 0.1) is 11.9 Å². The highest BCUT2D eigenvalue weighted by Crippen LogP contribution is 2.32. The maximum atomic E-state index is 13.2. The number of H-pyrrole nitrogens is 1. The highest BCUT2D eigenvalue weighted by Gasteiger charge is 2.38. The monoisotopic (exact) mass is 480 g/mol. The first kappa shape index (κ1) is 21.7. The fourth-order valence-electron chi connectivity index (χ4n) is 6.16. The summed E-state index contributed by atoms with van der Waals surface area (Å²) in [5.41, 5.74) is 5.53. The van der Waals surface area contributed by atoms with Gasteiger partial charge >= 0.3 is 0 Å². The van der Waals surface area contributed by atoms with Gasteiger partial charge in [0.25, 0.3) is 0 Å². The fraction of sp³-hybridized carbons (Fsp3) is 0.393. The molecule has 36 heavy (non-hydrogen) atoms. The Morgan fingerprint density at radius 2 is 1.83 bits per heavy atom. The second-order valence-corrected chi connectivity index (χ2v) is 10.4. The van der Waals surface area contributed by atoms with E-state index in [0.29, 0.717) is 11.9 Å². The van der Waals surface area contributed by atoms with Gasteiger partial charge in [-0.3, -0.25) is 14.4 Å². The van der Waals surface area contributed by atoms with Crippen LogP contribution in [0.5, 0.6) is 0 Å². The molecule has 1 unspecified atom stereocenters. The zero-order valence-corrected chi connectivity index (χ0v) is 20.3. The first-order valence-electron chi connectivity index (χ1n) is 13.0. The number of hydrogen-bond acceptors (Lipinski definition) is 5. The average molecular weight is 481 g/mol. The maximum Gasteiger partial charge on any atom is 0.226 e. The Balaban J connectivity index is 0.928. The highest BCUT2D eigenvalue weighted by molar-refractivity contribution is 5.90. The van der Waals surface area contributed by atoms with E-state index in [1.807, 2.05) is 23.1 Å². The molecule has 8 nitrogen and oxygen atoms in total. The molecule has 2 fully saturated rings. The second-order valence-electron chi connectivity index (χ2n) is 10.4. The summed E-state index contributed by atoms with van der Waals surface area (Å²) in [4.78, 5) is 29.8. The van der Waals surface area contributed by atoms with Gasteiger partial charge in [-0.05, 0) is 49.3 Å². The SMILES string of the molecule is O=C(C1CCc2ccccc2C1)N1CCC(N2C[C](n3cc(-c4ncnc5[nH]ccc45)cn3)C2)CC1. The van der Waals surface area contributed by atoms with Gasteiger partial charge in [0.15, 0.2) is 0 Å². The standard InChI is InChI=1S/C28H30N7O/c36-28(21-6-5-19-3-1-2-4-20(19)13-21)33-11-8-23(9-12-33)34-16-24(17-34)35-15-22(14-32-35)26-25-7-10-29-27(25)31-18-30-26/h1-4,7,10,14-15,18,21,23H,5-6,8-9,11-13,16-17H2,(H,29,30,31). The number of rotatable bonds is 4. The van der Waals surface area contributed by atoms with Crippen LogP contribution < -0.4 is 0 Å². The van der Waals surface area contributed by atoms with Gasteiger partial charge in [0.1, 0.15) is 18.0 Å². The van der Waals surface area contributed by atoms with Crippen LogP contribution in [-0.2, 0) is 17.6 Å². The first-order chi connectivity index (χ1) is 17.7. The van der Waals surface area contributed by atoms with Crippen LogP contribution in [0, 0.1) is 12.0 Å². The Morgan fingerprint density at radius 1 is 1.00 bits per heavy atom. The molecule has 1 amide bonds. The Bertz CT molecular complexity index is 1390. The van der Waals surface area contributed by atoms with Gasteiger partial charge in [-0.25, -0.2) is 9.97 Å². The number of nitrogens with zero attached hydrogens (tertiary/aromatic N) is 6. The van der Waals surface area contributed by atoms with Crippen molar-refractivity contribution in [2.24, 2.45) is 5.92 Å². The lowest BCUT2D eigenvalue weighted by Gasteiger charge is -2.46. The molecule has 0 spiro atoms. The molecule has 4 aromatic rings. The van der Waals surface area contributed by atoms with E-state index in [9.17, 15) is 4.79 Å². The van der Waals surface area contributed by atoms with Crippen LogP contribution in [0.25, 0.3) is 22.3 Å². The van der Waals surface area contributed by atoms with Gasteiger partial charge in [0.2, 0.25) is 5.91 Å². The molecule has 8 heteroatoms. The van der Waals surface area contributed by atoms with Crippen molar-refractivity contribution in [1.29, 1.82) is 0 Å². The Labute approximate surface area is 210 Å². The first-order valence-corrected chi connectivity index (χ1v) is 13.0. The lowest BCUT2D eigenvalue weighted by Crippen LogP contribution is -2.57. The van der Waals surface area contributed by atoms with Crippen molar-refractivity contribution in [3.63, 3.8) is 0 Å². The van der Waals surface area contributed by atoms with Crippen LogP contribution in [0.15, 0.2) is 55.2 Å². The lowest BCUT2D eigenvalue weighted by molar-refractivity contribution is -0.137. The number of fused-ring (bicyclic) bond motifs is 2. The van der Waals surface area contributed by atoms with E-state index in [1.165, 1.54) is 17.2 Å². The molecule has 183 valence electrons. The summed E-state index contributed by atoms with van der Waals surface area (Å²) in [6.07, 6.45) is 12.5. The summed E-state index contributed by atoms with van der Waals surface area (Å²) in [5.74, 6) is 0.515. The summed E-state index contributed by atoms with van der Waals surface area (Å²) < 4.78 is 2.01. The van der Waals surface area contributed by atoms with Gasteiger partial charge < -0.3 is 9.88 Å². The number of likely N-dealkylation sites (tertiary alicyclic amines) is 2. The number of aryl methyl sites for hydroxylation is 1. The summed E-state index contributed by atoms with van der Waals surface area (Å²) in [6, 6.07) is 12.5. The van der Waals surface area contributed by atoms with Crippen LogP contribution in [0.4, 0.5) is 0 Å². The van der Waals surface area contributed by atoms with E-state index in [-0.39, 0.29) is 5.92 Å². The predicted octanol–water partition coefficient (Wildman–Crippen LogP) is 3.31. The molecule has 1 atom stereocenters. The minimum absolute atomic E-state index is 0.150. The quantitative estimate of drug-likeness (QED) is 0.485. The largest absolute Gasteiger partial charge is 0.346 e. The summed E-state index contributed by atoms with van der Waals surface area (Å²) >= 11 is 0. The van der Waals surface area contributed by atoms with Crippen molar-refractivity contribution >= 4 is 16.9 Å². The summed E-state index contributed by atoms with van der Waals surface area (Å²) in [5, 5.41) is 5.63. The highest BCUT2D eigenvalue weighted by atomic mass is 16.2. The van der Waals surface area contributed by atoms with Crippen LogP contribution in [0.1, 0.15) is 30.4 Å². The number of aromatic amines is 1. The molecule has 2 aliphatic heterocycles. The Kier molecular flexibility index (Phi) is 5.34. The molecule has 1 aromatic carbocycles. The zero-order chi connectivity index (χ0) is 24.1. The third-order valence-corrected chi connectivity index (χ3v) is 8.29. The molecule has 1 aliphatic carbocycles. The fourth-order valence-corrected chi connectivity index (χ4v) is 6.16. The van der Waals surface area contributed by atoms with E-state index < -0.39 is 0 Å². The topological polar surface area (TPSA) is 82.9 Å². The van der Waals surface area contributed by atoms with Crippen LogP contribution in [-0.4, -0.2) is 72.7 Å². The average Bonchev–Trinajstić information content (AvgIpc) is 3.58. The van der Waals surface area contributed by atoms with Gasteiger partial charge in [-0.2, -0.15) is 5.10 Å². The summed E-state index contributed by atoms with van der Waals surface area (Å²) in [7, 11) is 0. The number of nitrogens with one attached hydrogen (secondary N) is 1. The predicted molar refractivity (Wildman–Crippen MR) is 137 cm³/mol. The third-order valence-electron chi connectivity index (χ3n) is 8.29. The molecule has 7 rings (SSSR count). The number of hydrogen-bond donors (Lipinski definition) is 1.